The van der Waals surface area contributed by atoms with Crippen molar-refractivity contribution in [3.8, 4) is 0 Å². The van der Waals surface area contributed by atoms with E-state index in [0.717, 1.165) is 5.56 Å². The van der Waals surface area contributed by atoms with Crippen molar-refractivity contribution in [2.45, 2.75) is 31.3 Å². The fourth-order valence-corrected chi connectivity index (χ4v) is 4.41. The van der Waals surface area contributed by atoms with Crippen LogP contribution in [0.25, 0.3) is 0 Å². The van der Waals surface area contributed by atoms with Crippen molar-refractivity contribution in [2.24, 2.45) is 0 Å². The van der Waals surface area contributed by atoms with Gasteiger partial charge in [-0.3, -0.25) is 0 Å². The summed E-state index contributed by atoms with van der Waals surface area (Å²) in [7, 11) is 2.23. The van der Waals surface area contributed by atoms with E-state index >= 15 is 0 Å². The highest BCUT2D eigenvalue weighted by Gasteiger charge is 2.29. The molecule has 0 saturated carbocycles. The maximum absolute atomic E-state index is 13.0. The zero-order valence-corrected chi connectivity index (χ0v) is 14.4. The molecule has 1 aromatic carbocycles. The molecule has 0 amide bonds. The van der Waals surface area contributed by atoms with Crippen molar-refractivity contribution in [3.05, 3.63) is 29.8 Å². The Bertz CT molecular complexity index is 544. The summed E-state index contributed by atoms with van der Waals surface area (Å²) in [5, 5.41) is 3.02. The molecular formula is C15H27N3O2S. The molecular weight excluding hydrogens is 286 g/mol. The summed E-state index contributed by atoms with van der Waals surface area (Å²) in [5.74, 6) is 0. The van der Waals surface area contributed by atoms with E-state index in [-0.39, 0.29) is 6.04 Å². The lowest BCUT2D eigenvalue weighted by molar-refractivity contribution is 0.271. The molecule has 0 heterocycles. The molecule has 6 heteroatoms. The second-order valence-electron chi connectivity index (χ2n) is 5.46. The molecule has 0 spiro atoms. The van der Waals surface area contributed by atoms with Crippen molar-refractivity contribution in [1.82, 2.24) is 14.5 Å². The molecule has 0 aliphatic carbocycles. The first-order valence-corrected chi connectivity index (χ1v) is 8.67. The van der Waals surface area contributed by atoms with E-state index in [0.29, 0.717) is 24.5 Å². The minimum Gasteiger partial charge on any atom is -0.316 e. The molecule has 21 heavy (non-hydrogen) atoms. The quantitative estimate of drug-likeness (QED) is 0.787. The van der Waals surface area contributed by atoms with E-state index < -0.39 is 10.0 Å². The van der Waals surface area contributed by atoms with Gasteiger partial charge in [0.2, 0.25) is 10.0 Å². The monoisotopic (exact) mass is 313 g/mol. The molecule has 1 N–H and O–H groups in total. The molecule has 5 nitrogen and oxygen atoms in total. The molecule has 0 radical (unpaired) electrons. The van der Waals surface area contributed by atoms with E-state index in [9.17, 15) is 8.42 Å². The van der Waals surface area contributed by atoms with Gasteiger partial charge >= 0.3 is 0 Å². The molecule has 1 rings (SSSR count). The van der Waals surface area contributed by atoms with Gasteiger partial charge in [-0.15, -0.1) is 0 Å². The highest BCUT2D eigenvalue weighted by atomic mass is 32.2. The van der Waals surface area contributed by atoms with Crippen LogP contribution in [-0.2, 0) is 16.6 Å². The molecule has 1 unspecified atom stereocenters. The summed E-state index contributed by atoms with van der Waals surface area (Å²) in [6.45, 7) is 5.52. The Kier molecular flexibility index (Phi) is 6.80. The van der Waals surface area contributed by atoms with Gasteiger partial charge in [0.05, 0.1) is 4.90 Å². The Morgan fingerprint density at radius 1 is 1.24 bits per heavy atom. The van der Waals surface area contributed by atoms with E-state index in [1.165, 1.54) is 0 Å². The number of benzene rings is 1. The van der Waals surface area contributed by atoms with E-state index in [4.69, 9.17) is 0 Å². The molecule has 0 bridgehead atoms. The number of nitrogens with zero attached hydrogens (tertiary/aromatic N) is 2. The first kappa shape index (κ1) is 18.1. The van der Waals surface area contributed by atoms with E-state index in [2.05, 4.69) is 5.32 Å². The number of hydrogen-bond acceptors (Lipinski definition) is 4. The van der Waals surface area contributed by atoms with Crippen molar-refractivity contribution in [3.63, 3.8) is 0 Å². The van der Waals surface area contributed by atoms with Crippen LogP contribution in [0.1, 0.15) is 19.4 Å². The lowest BCUT2D eigenvalue weighted by Crippen LogP contribution is -2.43. The number of rotatable bonds is 8. The third kappa shape index (κ3) is 4.51. The minimum atomic E-state index is -3.48. The highest BCUT2D eigenvalue weighted by molar-refractivity contribution is 7.89. The molecule has 1 atom stereocenters. The summed E-state index contributed by atoms with van der Waals surface area (Å²) >= 11 is 0. The molecule has 0 aliphatic rings. The average molecular weight is 313 g/mol. The van der Waals surface area contributed by atoms with E-state index in [1.54, 1.807) is 16.4 Å². The number of nitrogens with one attached hydrogen (secondary N) is 1. The first-order chi connectivity index (χ1) is 9.84. The van der Waals surface area contributed by atoms with Crippen LogP contribution in [0, 0.1) is 0 Å². The lowest BCUT2D eigenvalue weighted by Gasteiger charge is -2.29. The Hall–Kier alpha value is -0.950. The molecule has 0 fully saturated rings. The fourth-order valence-electron chi connectivity index (χ4n) is 2.56. The Morgan fingerprint density at radius 3 is 2.38 bits per heavy atom. The minimum absolute atomic E-state index is 0.0716. The number of hydrogen-bond donors (Lipinski definition) is 1. The zero-order chi connectivity index (χ0) is 16.0. The van der Waals surface area contributed by atoms with Gasteiger partial charge in [-0.05, 0) is 39.7 Å². The summed E-state index contributed by atoms with van der Waals surface area (Å²) in [6, 6.07) is 7.11. The second-order valence-corrected chi connectivity index (χ2v) is 7.32. The van der Waals surface area contributed by atoms with Crippen molar-refractivity contribution < 1.29 is 8.42 Å². The first-order valence-electron chi connectivity index (χ1n) is 7.23. The van der Waals surface area contributed by atoms with Crippen LogP contribution in [0.2, 0.25) is 0 Å². The normalized spacial score (nSPS) is 13.9. The summed E-state index contributed by atoms with van der Waals surface area (Å²) < 4.78 is 27.5. The van der Waals surface area contributed by atoms with Crippen LogP contribution in [0.3, 0.4) is 0 Å². The Morgan fingerprint density at radius 2 is 1.86 bits per heavy atom. The zero-order valence-electron chi connectivity index (χ0n) is 13.6. The van der Waals surface area contributed by atoms with Gasteiger partial charge in [0.1, 0.15) is 0 Å². The predicted molar refractivity (Wildman–Crippen MR) is 86.8 cm³/mol. The molecule has 0 aliphatic heterocycles. The van der Waals surface area contributed by atoms with Gasteiger partial charge in [0.15, 0.2) is 0 Å². The van der Waals surface area contributed by atoms with Crippen LogP contribution in [0.15, 0.2) is 29.2 Å². The summed E-state index contributed by atoms with van der Waals surface area (Å²) in [5.41, 5.74) is 0.801. The van der Waals surface area contributed by atoms with Crippen molar-refractivity contribution in [2.75, 3.05) is 34.2 Å². The second kappa shape index (κ2) is 7.89. The molecule has 120 valence electrons. The highest BCUT2D eigenvalue weighted by Crippen LogP contribution is 2.22. The van der Waals surface area contributed by atoms with Gasteiger partial charge < -0.3 is 10.2 Å². The Balaban J connectivity index is 3.19. The number of sulfonamides is 1. The van der Waals surface area contributed by atoms with Crippen LogP contribution < -0.4 is 5.32 Å². The summed E-state index contributed by atoms with van der Waals surface area (Å²) in [6.07, 6.45) is 0. The molecule has 1 aromatic rings. The van der Waals surface area contributed by atoms with Crippen molar-refractivity contribution >= 4 is 10.0 Å². The molecule has 0 saturated heterocycles. The molecule has 0 aromatic heterocycles. The fraction of sp³-hybridized carbons (Fsp3) is 0.600. The van der Waals surface area contributed by atoms with Gasteiger partial charge in [-0.25, -0.2) is 8.42 Å². The summed E-state index contributed by atoms with van der Waals surface area (Å²) in [4.78, 5) is 2.40. The van der Waals surface area contributed by atoms with Crippen LogP contribution in [-0.4, -0.2) is 57.9 Å². The van der Waals surface area contributed by atoms with Gasteiger partial charge in [0.25, 0.3) is 0 Å². The SMILES string of the molecule is CCN(C(C)CN(C)C)S(=O)(=O)c1ccccc1CNC. The number of likely N-dealkylation sites (N-methyl/N-ethyl adjacent to an activating group) is 2. The van der Waals surface area contributed by atoms with E-state index in [1.807, 2.05) is 52.0 Å². The topological polar surface area (TPSA) is 52.7 Å². The predicted octanol–water partition coefficient (Wildman–Crippen LogP) is 1.37. The maximum Gasteiger partial charge on any atom is 0.243 e. The smallest absolute Gasteiger partial charge is 0.243 e. The van der Waals surface area contributed by atoms with Crippen LogP contribution in [0.5, 0.6) is 0 Å². The van der Waals surface area contributed by atoms with Gasteiger partial charge in [0, 0.05) is 25.7 Å². The van der Waals surface area contributed by atoms with Gasteiger partial charge in [-0.2, -0.15) is 4.31 Å². The van der Waals surface area contributed by atoms with Crippen LogP contribution in [0.4, 0.5) is 0 Å². The van der Waals surface area contributed by atoms with Crippen molar-refractivity contribution in [1.29, 1.82) is 0 Å². The standard InChI is InChI=1S/C15H27N3O2S/c1-6-18(13(2)12-17(4)5)21(19,20)15-10-8-7-9-14(15)11-16-3/h7-10,13,16H,6,11-12H2,1-5H3. The average Bonchev–Trinajstić information content (AvgIpc) is 2.39. The Labute approximate surface area is 129 Å². The van der Waals surface area contributed by atoms with Crippen LogP contribution >= 0.6 is 0 Å². The maximum atomic E-state index is 13.0. The lowest BCUT2D eigenvalue weighted by atomic mass is 10.2. The van der Waals surface area contributed by atoms with Gasteiger partial charge in [-0.1, -0.05) is 25.1 Å². The largest absolute Gasteiger partial charge is 0.316 e. The third-order valence-corrected chi connectivity index (χ3v) is 5.55. The third-order valence-electron chi connectivity index (χ3n) is 3.36.